The van der Waals surface area contributed by atoms with E-state index in [2.05, 4.69) is 15.5 Å². The fourth-order valence-corrected chi connectivity index (χ4v) is 2.78. The van der Waals surface area contributed by atoms with Gasteiger partial charge in [-0.1, -0.05) is 17.8 Å². The average Bonchev–Trinajstić information content (AvgIpc) is 3.24. The van der Waals surface area contributed by atoms with Gasteiger partial charge in [0, 0.05) is 12.1 Å². The van der Waals surface area contributed by atoms with Crippen molar-refractivity contribution in [3.8, 4) is 11.6 Å². The maximum absolute atomic E-state index is 12.1. The van der Waals surface area contributed by atoms with Crippen LogP contribution in [-0.2, 0) is 4.79 Å². The smallest absolute Gasteiger partial charge is 0.271 e. The molecule has 26 heavy (non-hydrogen) atoms. The number of carbonyl (C=O) groups is 1. The van der Waals surface area contributed by atoms with E-state index in [4.69, 9.17) is 10.3 Å². The van der Waals surface area contributed by atoms with E-state index in [-0.39, 0.29) is 17.3 Å². The Bertz CT molecular complexity index is 953. The van der Waals surface area contributed by atoms with Crippen molar-refractivity contribution in [3.05, 3.63) is 52.3 Å². The lowest BCUT2D eigenvalue weighted by molar-refractivity contribution is -0.384. The molecule has 2 aromatic heterocycles. The van der Waals surface area contributed by atoms with Crippen LogP contribution in [0.1, 0.15) is 5.56 Å². The molecular formula is C15H14N6O4S. The maximum Gasteiger partial charge on any atom is 0.271 e. The largest absolute Gasteiger partial charge is 0.461 e. The molecule has 0 fully saturated rings. The van der Waals surface area contributed by atoms with Gasteiger partial charge in [-0.3, -0.25) is 14.9 Å². The Morgan fingerprint density at radius 3 is 2.92 bits per heavy atom. The number of nitrogens with zero attached hydrogens (tertiary/aromatic N) is 4. The Balaban J connectivity index is 1.65. The van der Waals surface area contributed by atoms with Gasteiger partial charge in [0.2, 0.25) is 16.9 Å². The van der Waals surface area contributed by atoms with Gasteiger partial charge in [-0.25, -0.2) is 4.68 Å². The standard InChI is InChI=1S/C15H14N6O4S/c1-9-4-5-10(21(23)24)7-11(9)17-13(22)8-26-15-19-18-14(20(15)16)12-3-2-6-25-12/h2-7H,8,16H2,1H3,(H,17,22). The van der Waals surface area contributed by atoms with Crippen molar-refractivity contribution in [1.29, 1.82) is 0 Å². The molecule has 11 heteroatoms. The monoisotopic (exact) mass is 374 g/mol. The van der Waals surface area contributed by atoms with Crippen LogP contribution in [0.5, 0.6) is 0 Å². The van der Waals surface area contributed by atoms with Crippen LogP contribution in [-0.4, -0.2) is 31.5 Å². The first-order valence-electron chi connectivity index (χ1n) is 7.38. The maximum atomic E-state index is 12.1. The number of nitrogen functional groups attached to an aromatic ring is 1. The Morgan fingerprint density at radius 1 is 1.42 bits per heavy atom. The van der Waals surface area contributed by atoms with Gasteiger partial charge in [-0.2, -0.15) is 0 Å². The minimum Gasteiger partial charge on any atom is -0.461 e. The predicted octanol–water partition coefficient (Wildman–Crippen LogP) is 2.20. The van der Waals surface area contributed by atoms with Crippen LogP contribution in [0.2, 0.25) is 0 Å². The van der Waals surface area contributed by atoms with Crippen LogP contribution in [0.25, 0.3) is 11.6 Å². The molecule has 0 bridgehead atoms. The second-order valence-electron chi connectivity index (χ2n) is 5.25. The minimum atomic E-state index is -0.517. The van der Waals surface area contributed by atoms with E-state index in [1.165, 1.54) is 23.1 Å². The third-order valence-corrected chi connectivity index (χ3v) is 4.39. The number of aromatic nitrogens is 3. The highest BCUT2D eigenvalue weighted by molar-refractivity contribution is 7.99. The normalized spacial score (nSPS) is 10.7. The van der Waals surface area contributed by atoms with E-state index in [1.807, 2.05) is 0 Å². The zero-order chi connectivity index (χ0) is 18.7. The molecule has 1 amide bonds. The van der Waals surface area contributed by atoms with Gasteiger partial charge in [-0.05, 0) is 24.6 Å². The fourth-order valence-electron chi connectivity index (χ4n) is 2.12. The number of benzene rings is 1. The van der Waals surface area contributed by atoms with E-state index in [9.17, 15) is 14.9 Å². The molecule has 0 aliphatic carbocycles. The number of amides is 1. The summed E-state index contributed by atoms with van der Waals surface area (Å²) in [6.45, 7) is 1.75. The molecule has 0 spiro atoms. The molecule has 10 nitrogen and oxygen atoms in total. The van der Waals surface area contributed by atoms with E-state index >= 15 is 0 Å². The topological polar surface area (TPSA) is 142 Å². The van der Waals surface area contributed by atoms with Crippen LogP contribution in [0.3, 0.4) is 0 Å². The zero-order valence-corrected chi connectivity index (χ0v) is 14.4. The predicted molar refractivity (Wildman–Crippen MR) is 95.1 cm³/mol. The SMILES string of the molecule is Cc1ccc([N+](=O)[O-])cc1NC(=O)CSc1nnc(-c2ccco2)n1N. The van der Waals surface area contributed by atoms with Gasteiger partial charge in [0.05, 0.1) is 22.6 Å². The molecule has 3 aromatic rings. The molecule has 0 unspecified atom stereocenters. The first-order chi connectivity index (χ1) is 12.5. The van der Waals surface area contributed by atoms with Crippen molar-refractivity contribution in [2.45, 2.75) is 12.1 Å². The average molecular weight is 374 g/mol. The van der Waals surface area contributed by atoms with Crippen molar-refractivity contribution >= 4 is 29.0 Å². The molecule has 3 rings (SSSR count). The molecule has 0 aliphatic rings. The van der Waals surface area contributed by atoms with Crippen LogP contribution < -0.4 is 11.2 Å². The molecule has 3 N–H and O–H groups in total. The Labute approximate surface area is 151 Å². The molecule has 0 aliphatic heterocycles. The van der Waals surface area contributed by atoms with Crippen LogP contribution in [0.15, 0.2) is 46.2 Å². The Hall–Kier alpha value is -3.34. The van der Waals surface area contributed by atoms with Gasteiger partial charge < -0.3 is 15.6 Å². The van der Waals surface area contributed by atoms with Crippen molar-refractivity contribution in [2.75, 3.05) is 16.9 Å². The molecule has 2 heterocycles. The number of non-ortho nitro benzene ring substituents is 1. The number of rotatable bonds is 6. The van der Waals surface area contributed by atoms with Crippen molar-refractivity contribution < 1.29 is 14.1 Å². The molecular weight excluding hydrogens is 360 g/mol. The second kappa shape index (κ2) is 7.27. The van der Waals surface area contributed by atoms with Gasteiger partial charge >= 0.3 is 0 Å². The van der Waals surface area contributed by atoms with E-state index in [0.29, 0.717) is 22.4 Å². The molecule has 134 valence electrons. The van der Waals surface area contributed by atoms with Crippen molar-refractivity contribution in [3.63, 3.8) is 0 Å². The number of nitro groups is 1. The lowest BCUT2D eigenvalue weighted by Crippen LogP contribution is -2.17. The first-order valence-corrected chi connectivity index (χ1v) is 8.36. The highest BCUT2D eigenvalue weighted by Crippen LogP contribution is 2.24. The van der Waals surface area contributed by atoms with Crippen molar-refractivity contribution in [2.24, 2.45) is 0 Å². The van der Waals surface area contributed by atoms with Gasteiger partial charge in [0.15, 0.2) is 5.76 Å². The summed E-state index contributed by atoms with van der Waals surface area (Å²) in [5.41, 5.74) is 1.01. The number of anilines is 1. The summed E-state index contributed by atoms with van der Waals surface area (Å²) in [6.07, 6.45) is 1.49. The fraction of sp³-hybridized carbons (Fsp3) is 0.133. The van der Waals surface area contributed by atoms with Gasteiger partial charge in [-0.15, -0.1) is 10.2 Å². The summed E-state index contributed by atoms with van der Waals surface area (Å²) in [5, 5.41) is 21.7. The highest BCUT2D eigenvalue weighted by Gasteiger charge is 2.16. The number of nitrogens with one attached hydrogen (secondary N) is 1. The summed E-state index contributed by atoms with van der Waals surface area (Å²) in [4.78, 5) is 22.5. The third-order valence-electron chi connectivity index (χ3n) is 3.44. The molecule has 0 atom stereocenters. The van der Waals surface area contributed by atoms with Crippen LogP contribution >= 0.6 is 11.8 Å². The first kappa shape index (κ1) is 17.5. The summed E-state index contributed by atoms with van der Waals surface area (Å²) in [7, 11) is 0. The Morgan fingerprint density at radius 2 is 2.23 bits per heavy atom. The number of furan rings is 1. The molecule has 0 radical (unpaired) electrons. The van der Waals surface area contributed by atoms with E-state index < -0.39 is 4.92 Å². The van der Waals surface area contributed by atoms with Gasteiger partial charge in [0.25, 0.3) is 5.69 Å². The van der Waals surface area contributed by atoms with Crippen molar-refractivity contribution in [1.82, 2.24) is 14.9 Å². The summed E-state index contributed by atoms with van der Waals surface area (Å²) in [5.74, 6) is 6.38. The lowest BCUT2D eigenvalue weighted by atomic mass is 10.2. The number of thioether (sulfide) groups is 1. The quantitative estimate of drug-likeness (QED) is 0.289. The van der Waals surface area contributed by atoms with E-state index in [0.717, 1.165) is 17.3 Å². The number of hydrogen-bond acceptors (Lipinski definition) is 8. The lowest BCUT2D eigenvalue weighted by Gasteiger charge is -2.08. The number of nitro benzene ring substituents is 1. The number of carbonyl (C=O) groups excluding carboxylic acids is 1. The van der Waals surface area contributed by atoms with Crippen LogP contribution in [0, 0.1) is 17.0 Å². The second-order valence-corrected chi connectivity index (χ2v) is 6.19. The highest BCUT2D eigenvalue weighted by atomic mass is 32.2. The summed E-state index contributed by atoms with van der Waals surface area (Å²) >= 11 is 1.09. The van der Waals surface area contributed by atoms with Gasteiger partial charge in [0.1, 0.15) is 0 Å². The zero-order valence-electron chi connectivity index (χ0n) is 13.6. The summed E-state index contributed by atoms with van der Waals surface area (Å²) in [6, 6.07) is 7.67. The Kier molecular flexibility index (Phi) is 4.89. The molecule has 1 aromatic carbocycles. The minimum absolute atomic E-state index is 0.00954. The number of hydrogen-bond donors (Lipinski definition) is 2. The molecule has 0 saturated heterocycles. The van der Waals surface area contributed by atoms with E-state index in [1.54, 1.807) is 25.1 Å². The number of aryl methyl sites for hydroxylation is 1. The van der Waals surface area contributed by atoms with Crippen LogP contribution in [0.4, 0.5) is 11.4 Å². The third kappa shape index (κ3) is 3.67. The number of nitrogens with two attached hydrogens (primary N) is 1. The summed E-state index contributed by atoms with van der Waals surface area (Å²) < 4.78 is 6.45. The molecule has 0 saturated carbocycles.